The Morgan fingerprint density at radius 1 is 1.13 bits per heavy atom. The molecule has 0 radical (unpaired) electrons. The maximum atomic E-state index is 13.6. The number of nitrogens with zero attached hydrogens (tertiary/aromatic N) is 3. The summed E-state index contributed by atoms with van der Waals surface area (Å²) in [6.45, 7) is 1.96. The van der Waals surface area contributed by atoms with Crippen molar-refractivity contribution in [3.8, 4) is 0 Å². The van der Waals surface area contributed by atoms with E-state index in [1.54, 1.807) is 0 Å². The fraction of sp³-hybridized carbons (Fsp3) is 0.588. The number of hydrogen-bond acceptors (Lipinski definition) is 5. The minimum absolute atomic E-state index is 0.204. The summed E-state index contributed by atoms with van der Waals surface area (Å²) in [7, 11) is 0. The van der Waals surface area contributed by atoms with Gasteiger partial charge in [-0.05, 0) is 18.2 Å². The number of thioether (sulfide) groups is 1. The standard InChI is InChI=1S/C17H18ClF6N3O2S/c18-13-2-1-11(9-12(13)16(19,20)21)25-14-27(4-3-26-5-7-29-8-6-26)15(28,10-30-14)17(22,23)24/h1-2,9,28H,3-8,10H2. The second-order valence-electron chi connectivity index (χ2n) is 6.76. The number of halogens is 7. The van der Waals surface area contributed by atoms with Crippen LogP contribution in [0.4, 0.5) is 32.0 Å². The molecule has 5 nitrogen and oxygen atoms in total. The van der Waals surface area contributed by atoms with E-state index in [2.05, 4.69) is 4.99 Å². The highest BCUT2D eigenvalue weighted by molar-refractivity contribution is 8.14. The van der Waals surface area contributed by atoms with E-state index in [1.165, 1.54) is 6.07 Å². The molecule has 168 valence electrons. The van der Waals surface area contributed by atoms with E-state index in [4.69, 9.17) is 16.3 Å². The molecule has 2 aliphatic heterocycles. The summed E-state index contributed by atoms with van der Waals surface area (Å²) in [5.74, 6) is -0.738. The van der Waals surface area contributed by atoms with E-state index in [0.717, 1.165) is 6.07 Å². The molecule has 1 aromatic carbocycles. The Labute approximate surface area is 177 Å². The van der Waals surface area contributed by atoms with E-state index in [-0.39, 0.29) is 23.9 Å². The first-order chi connectivity index (χ1) is 13.9. The maximum absolute atomic E-state index is 13.6. The molecule has 1 N–H and O–H groups in total. The number of morpholine rings is 1. The lowest BCUT2D eigenvalue weighted by Crippen LogP contribution is -2.59. The second-order valence-corrected chi connectivity index (χ2v) is 8.11. The van der Waals surface area contributed by atoms with Crippen molar-refractivity contribution in [1.82, 2.24) is 9.80 Å². The molecule has 3 rings (SSSR count). The van der Waals surface area contributed by atoms with E-state index in [1.807, 2.05) is 4.90 Å². The first-order valence-corrected chi connectivity index (χ1v) is 10.2. The molecule has 2 aliphatic rings. The van der Waals surface area contributed by atoms with Gasteiger partial charge in [0, 0.05) is 26.2 Å². The Bertz CT molecular complexity index is 801. The van der Waals surface area contributed by atoms with Gasteiger partial charge in [-0.25, -0.2) is 4.99 Å². The number of hydrogen-bond donors (Lipinski definition) is 1. The molecule has 2 fully saturated rings. The summed E-state index contributed by atoms with van der Waals surface area (Å²) < 4.78 is 85.2. The van der Waals surface area contributed by atoms with Crippen LogP contribution < -0.4 is 0 Å². The van der Waals surface area contributed by atoms with Crippen LogP contribution in [0, 0.1) is 0 Å². The predicted octanol–water partition coefficient (Wildman–Crippen LogP) is 3.98. The van der Waals surface area contributed by atoms with Gasteiger partial charge in [-0.2, -0.15) is 26.3 Å². The van der Waals surface area contributed by atoms with Crippen molar-refractivity contribution < 1.29 is 36.2 Å². The number of aliphatic imine (C=N–C) groups is 1. The monoisotopic (exact) mass is 477 g/mol. The van der Waals surface area contributed by atoms with Crippen LogP contribution in [0.1, 0.15) is 5.56 Å². The normalized spacial score (nSPS) is 25.3. The third-order valence-electron chi connectivity index (χ3n) is 4.76. The fourth-order valence-corrected chi connectivity index (χ4v) is 4.51. The number of rotatable bonds is 4. The van der Waals surface area contributed by atoms with Gasteiger partial charge >= 0.3 is 12.4 Å². The van der Waals surface area contributed by atoms with Crippen molar-refractivity contribution in [2.45, 2.75) is 18.1 Å². The first kappa shape index (κ1) is 23.5. The molecule has 1 atom stereocenters. The minimum Gasteiger partial charge on any atom is -0.379 e. The average molecular weight is 478 g/mol. The molecule has 13 heteroatoms. The molecule has 2 saturated heterocycles. The van der Waals surface area contributed by atoms with Gasteiger partial charge in [0.15, 0.2) is 5.17 Å². The van der Waals surface area contributed by atoms with Gasteiger partial charge in [0.05, 0.1) is 35.2 Å². The molecule has 1 aromatic rings. The van der Waals surface area contributed by atoms with Gasteiger partial charge < -0.3 is 14.7 Å². The zero-order valence-electron chi connectivity index (χ0n) is 15.4. The number of amidine groups is 1. The van der Waals surface area contributed by atoms with Crippen LogP contribution in [0.5, 0.6) is 0 Å². The highest BCUT2D eigenvalue weighted by Crippen LogP contribution is 2.44. The van der Waals surface area contributed by atoms with Crippen LogP contribution in [0.3, 0.4) is 0 Å². The summed E-state index contributed by atoms with van der Waals surface area (Å²) in [6, 6.07) is 2.83. The van der Waals surface area contributed by atoms with Crippen LogP contribution in [0.2, 0.25) is 5.02 Å². The summed E-state index contributed by atoms with van der Waals surface area (Å²) in [6.07, 6.45) is -9.71. The maximum Gasteiger partial charge on any atom is 0.437 e. The van der Waals surface area contributed by atoms with Gasteiger partial charge in [0.25, 0.3) is 0 Å². The van der Waals surface area contributed by atoms with Crippen LogP contribution in [-0.4, -0.2) is 77.1 Å². The Morgan fingerprint density at radius 2 is 1.80 bits per heavy atom. The molecule has 0 spiro atoms. The highest BCUT2D eigenvalue weighted by atomic mass is 35.5. The van der Waals surface area contributed by atoms with Crippen LogP contribution in [0.15, 0.2) is 23.2 Å². The van der Waals surface area contributed by atoms with E-state index < -0.39 is 34.4 Å². The van der Waals surface area contributed by atoms with E-state index in [0.29, 0.717) is 49.0 Å². The third-order valence-corrected chi connectivity index (χ3v) is 6.20. The average Bonchev–Trinajstić information content (AvgIpc) is 2.98. The zero-order valence-corrected chi connectivity index (χ0v) is 17.0. The lowest BCUT2D eigenvalue weighted by Gasteiger charge is -2.37. The number of ether oxygens (including phenoxy) is 1. The van der Waals surface area contributed by atoms with Crippen molar-refractivity contribution in [2.75, 3.05) is 45.1 Å². The molecule has 0 saturated carbocycles. The van der Waals surface area contributed by atoms with E-state index in [9.17, 15) is 31.4 Å². The molecule has 0 amide bonds. The Morgan fingerprint density at radius 3 is 2.40 bits per heavy atom. The molecule has 0 bridgehead atoms. The van der Waals surface area contributed by atoms with Crippen LogP contribution in [0.25, 0.3) is 0 Å². The van der Waals surface area contributed by atoms with Crippen LogP contribution >= 0.6 is 23.4 Å². The van der Waals surface area contributed by atoms with Crippen molar-refractivity contribution in [3.63, 3.8) is 0 Å². The zero-order chi connectivity index (χ0) is 22.2. The van der Waals surface area contributed by atoms with Crippen molar-refractivity contribution in [3.05, 3.63) is 28.8 Å². The minimum atomic E-state index is -4.97. The lowest BCUT2D eigenvalue weighted by molar-refractivity contribution is -0.289. The Hall–Kier alpha value is -1.21. The second kappa shape index (κ2) is 8.73. The Kier molecular flexibility index (Phi) is 6.83. The van der Waals surface area contributed by atoms with Crippen molar-refractivity contribution in [2.24, 2.45) is 4.99 Å². The third kappa shape index (κ3) is 4.98. The van der Waals surface area contributed by atoms with E-state index >= 15 is 0 Å². The van der Waals surface area contributed by atoms with Gasteiger partial charge in [-0.1, -0.05) is 23.4 Å². The molecule has 30 heavy (non-hydrogen) atoms. The number of benzene rings is 1. The molecular formula is C17H18ClF6N3O2S. The number of aliphatic hydroxyl groups is 1. The summed E-state index contributed by atoms with van der Waals surface area (Å²) >= 11 is 6.21. The summed E-state index contributed by atoms with van der Waals surface area (Å²) in [5, 5.41) is 9.60. The van der Waals surface area contributed by atoms with Gasteiger partial charge in [0.2, 0.25) is 5.72 Å². The summed E-state index contributed by atoms with van der Waals surface area (Å²) in [5.41, 5.74) is -4.51. The SMILES string of the molecule is OC1(C(F)(F)F)CSC(=Nc2ccc(Cl)c(C(F)(F)F)c2)N1CCN1CCOCC1. The van der Waals surface area contributed by atoms with Gasteiger partial charge in [-0.15, -0.1) is 0 Å². The predicted molar refractivity (Wildman–Crippen MR) is 101 cm³/mol. The topological polar surface area (TPSA) is 48.3 Å². The summed E-state index contributed by atoms with van der Waals surface area (Å²) in [4.78, 5) is 6.55. The largest absolute Gasteiger partial charge is 0.437 e. The number of alkyl halides is 6. The molecule has 1 unspecified atom stereocenters. The lowest BCUT2D eigenvalue weighted by atomic mass is 10.2. The highest BCUT2D eigenvalue weighted by Gasteiger charge is 2.62. The first-order valence-electron chi connectivity index (χ1n) is 8.87. The molecular weight excluding hydrogens is 460 g/mol. The van der Waals surface area contributed by atoms with Gasteiger partial charge in [0.1, 0.15) is 0 Å². The van der Waals surface area contributed by atoms with Crippen molar-refractivity contribution >= 4 is 34.2 Å². The van der Waals surface area contributed by atoms with Crippen LogP contribution in [-0.2, 0) is 10.9 Å². The van der Waals surface area contributed by atoms with Gasteiger partial charge in [-0.3, -0.25) is 4.90 Å². The Balaban J connectivity index is 1.89. The van der Waals surface area contributed by atoms with Crippen molar-refractivity contribution in [1.29, 1.82) is 0 Å². The molecule has 2 heterocycles. The smallest absolute Gasteiger partial charge is 0.379 e. The molecule has 0 aliphatic carbocycles. The molecule has 0 aromatic heterocycles. The quantitative estimate of drug-likeness (QED) is 0.665. The fourth-order valence-electron chi connectivity index (χ4n) is 3.06.